The third-order valence-electron chi connectivity index (χ3n) is 9.54. The molecule has 0 radical (unpaired) electrons. The molecule has 0 unspecified atom stereocenters. The molecule has 6 atom stereocenters. The number of carbonyl (C=O) groups excluding carboxylic acids is 1. The lowest BCUT2D eigenvalue weighted by Crippen LogP contribution is -2.40. The molecule has 0 saturated heterocycles. The molecule has 3 N–H and O–H groups in total. The summed E-state index contributed by atoms with van der Waals surface area (Å²) in [6.45, 7) is 16.8. The fourth-order valence-corrected chi connectivity index (χ4v) is 7.12. The van der Waals surface area contributed by atoms with E-state index >= 15 is 0 Å². The Hall–Kier alpha value is -1.69. The molecular formula is C32H50O5. The molecule has 0 spiro atoms. The third-order valence-corrected chi connectivity index (χ3v) is 9.54. The zero-order chi connectivity index (χ0) is 27.6. The molecule has 3 rings (SSSR count). The summed E-state index contributed by atoms with van der Waals surface area (Å²) in [6, 6.07) is 0. The number of rotatable bonds is 8. The second kappa shape index (κ2) is 11.6. The summed E-state index contributed by atoms with van der Waals surface area (Å²) in [4.78, 5) is 12.5. The van der Waals surface area contributed by atoms with Crippen LogP contribution in [0.15, 0.2) is 47.6 Å². The number of hydrogen-bond donors (Lipinski definition) is 3. The highest BCUT2D eigenvalue weighted by molar-refractivity contribution is 5.77. The Morgan fingerprint density at radius 1 is 1.22 bits per heavy atom. The van der Waals surface area contributed by atoms with E-state index in [-0.39, 0.29) is 16.8 Å². The van der Waals surface area contributed by atoms with Gasteiger partial charge < -0.3 is 20.1 Å². The van der Waals surface area contributed by atoms with Gasteiger partial charge in [-0.15, -0.1) is 0 Å². The molecule has 3 saturated carbocycles. The minimum absolute atomic E-state index is 0.138. The van der Waals surface area contributed by atoms with Gasteiger partial charge in [0.2, 0.25) is 0 Å². The van der Waals surface area contributed by atoms with E-state index in [0.717, 1.165) is 43.3 Å². The van der Waals surface area contributed by atoms with Crippen molar-refractivity contribution in [1.82, 2.24) is 0 Å². The Bertz CT molecular complexity index is 939. The van der Waals surface area contributed by atoms with Crippen LogP contribution < -0.4 is 0 Å². The summed E-state index contributed by atoms with van der Waals surface area (Å²) < 4.78 is 5.32. The van der Waals surface area contributed by atoms with E-state index < -0.39 is 23.7 Å². The van der Waals surface area contributed by atoms with Crippen LogP contribution in [-0.2, 0) is 9.53 Å². The second-order valence-electron chi connectivity index (χ2n) is 13.1. The number of carbonyl (C=O) groups is 1. The maximum absolute atomic E-state index is 12.5. The molecule has 3 fully saturated rings. The van der Waals surface area contributed by atoms with Crippen molar-refractivity contribution in [1.29, 1.82) is 0 Å². The highest BCUT2D eigenvalue weighted by Crippen LogP contribution is 2.62. The lowest BCUT2D eigenvalue weighted by Gasteiger charge is -2.47. The Labute approximate surface area is 224 Å². The maximum Gasteiger partial charge on any atom is 0.314 e. The van der Waals surface area contributed by atoms with Crippen LogP contribution in [0.3, 0.4) is 0 Å². The molecule has 0 aliphatic heterocycles. The van der Waals surface area contributed by atoms with Crippen molar-refractivity contribution in [2.75, 3.05) is 6.61 Å². The summed E-state index contributed by atoms with van der Waals surface area (Å²) in [6.07, 6.45) is 13.5. The number of hydrogen-bond acceptors (Lipinski definition) is 5. The number of aliphatic hydroxyl groups is 3. The van der Waals surface area contributed by atoms with Crippen molar-refractivity contribution >= 4 is 5.97 Å². The van der Waals surface area contributed by atoms with Gasteiger partial charge in [0.25, 0.3) is 0 Å². The molecule has 0 aromatic rings. The Balaban J connectivity index is 1.77. The van der Waals surface area contributed by atoms with Crippen molar-refractivity contribution in [3.8, 4) is 0 Å². The standard InChI is InChI=1S/C32H50O5/c1-8-18-37-29(36)31(5,6)28(35)15-17-30(3,4)27-14-13-25-22(10-9-16-32(25,27)7)11-12-23-19-24(33)20-26(34)21(23)2/h11-12,15,17,24-28,33-35H,2,8-10,13-14,16,18-20H2,1,3-7H3/b17-15+,22-11+,23-12-/t24-,25+,26+,27-,28-,32+/m1/s1. The number of aliphatic hydroxyl groups excluding tert-OH is 3. The molecule has 5 heteroatoms. The zero-order valence-electron chi connectivity index (χ0n) is 23.9. The largest absolute Gasteiger partial charge is 0.465 e. The number of fused-ring (bicyclic) bond motifs is 1. The van der Waals surface area contributed by atoms with Gasteiger partial charge in [-0.05, 0) is 92.6 Å². The fraction of sp³-hybridized carbons (Fsp3) is 0.719. The Kier molecular flexibility index (Phi) is 9.35. The van der Waals surface area contributed by atoms with E-state index in [0.29, 0.717) is 31.3 Å². The normalized spacial score (nSPS) is 34.2. The van der Waals surface area contributed by atoms with E-state index in [1.807, 2.05) is 6.92 Å². The average Bonchev–Trinajstić information content (AvgIpc) is 3.20. The van der Waals surface area contributed by atoms with Crippen LogP contribution in [0.5, 0.6) is 0 Å². The molecule has 0 aromatic carbocycles. The van der Waals surface area contributed by atoms with Crippen molar-refractivity contribution in [3.63, 3.8) is 0 Å². The monoisotopic (exact) mass is 514 g/mol. The zero-order valence-corrected chi connectivity index (χ0v) is 23.9. The van der Waals surface area contributed by atoms with E-state index in [2.05, 4.69) is 45.6 Å². The molecule has 3 aliphatic carbocycles. The maximum atomic E-state index is 12.5. The SMILES string of the molecule is C=C1/C(=C\C=C2/CCC[C@]3(C)[C@@H](C(C)(C)/C=C/[C@@H](O)C(C)(C)C(=O)OCCC)CC[C@@H]23)C[C@@H](O)C[C@@H]1O. The van der Waals surface area contributed by atoms with Crippen LogP contribution in [0.4, 0.5) is 0 Å². The lowest BCUT2D eigenvalue weighted by atomic mass is 9.57. The minimum atomic E-state index is -0.998. The molecule has 5 nitrogen and oxygen atoms in total. The van der Waals surface area contributed by atoms with Gasteiger partial charge in [0.15, 0.2) is 0 Å². The number of ether oxygens (including phenoxy) is 1. The van der Waals surface area contributed by atoms with Crippen LogP contribution in [0, 0.1) is 28.1 Å². The smallest absolute Gasteiger partial charge is 0.314 e. The summed E-state index contributed by atoms with van der Waals surface area (Å²) >= 11 is 0. The van der Waals surface area contributed by atoms with Crippen molar-refractivity contribution in [3.05, 3.63) is 47.6 Å². The van der Waals surface area contributed by atoms with Crippen molar-refractivity contribution < 1.29 is 24.9 Å². The summed E-state index contributed by atoms with van der Waals surface area (Å²) in [7, 11) is 0. The molecule has 0 amide bonds. The second-order valence-corrected chi connectivity index (χ2v) is 13.1. The van der Waals surface area contributed by atoms with E-state index in [1.54, 1.807) is 19.9 Å². The van der Waals surface area contributed by atoms with Gasteiger partial charge in [-0.2, -0.15) is 0 Å². The fourth-order valence-electron chi connectivity index (χ4n) is 7.12. The third kappa shape index (κ3) is 6.32. The van der Waals surface area contributed by atoms with Gasteiger partial charge in [0.05, 0.1) is 30.3 Å². The first-order valence-corrected chi connectivity index (χ1v) is 14.2. The van der Waals surface area contributed by atoms with Crippen LogP contribution in [-0.4, -0.2) is 46.2 Å². The molecule has 208 valence electrons. The highest BCUT2D eigenvalue weighted by atomic mass is 16.5. The first-order valence-electron chi connectivity index (χ1n) is 14.2. The molecule has 0 bridgehead atoms. The van der Waals surface area contributed by atoms with Crippen molar-refractivity contribution in [2.45, 2.75) is 111 Å². The molecule has 3 aliphatic rings. The Morgan fingerprint density at radius 2 is 1.92 bits per heavy atom. The van der Waals surface area contributed by atoms with Crippen molar-refractivity contribution in [2.24, 2.45) is 28.1 Å². The summed E-state index contributed by atoms with van der Waals surface area (Å²) in [5, 5.41) is 31.2. The predicted molar refractivity (Wildman–Crippen MR) is 149 cm³/mol. The van der Waals surface area contributed by atoms with Gasteiger partial charge in [-0.25, -0.2) is 0 Å². The first kappa shape index (κ1) is 29.9. The van der Waals surface area contributed by atoms with Gasteiger partial charge in [0.1, 0.15) is 0 Å². The van der Waals surface area contributed by atoms with Gasteiger partial charge in [-0.1, -0.05) is 64.2 Å². The topological polar surface area (TPSA) is 87.0 Å². The van der Waals surface area contributed by atoms with Gasteiger partial charge in [-0.3, -0.25) is 4.79 Å². The van der Waals surface area contributed by atoms with E-state index in [9.17, 15) is 20.1 Å². The van der Waals surface area contributed by atoms with E-state index in [1.165, 1.54) is 12.0 Å². The molecule has 37 heavy (non-hydrogen) atoms. The Morgan fingerprint density at radius 3 is 2.59 bits per heavy atom. The summed E-state index contributed by atoms with van der Waals surface area (Å²) in [5.74, 6) is 0.579. The highest BCUT2D eigenvalue weighted by Gasteiger charge is 2.53. The quantitative estimate of drug-likeness (QED) is 0.271. The predicted octanol–water partition coefficient (Wildman–Crippen LogP) is 6.05. The van der Waals surface area contributed by atoms with Crippen LogP contribution in [0.2, 0.25) is 0 Å². The number of esters is 1. The minimum Gasteiger partial charge on any atom is -0.465 e. The molecular weight excluding hydrogens is 464 g/mol. The van der Waals surface area contributed by atoms with Crippen LogP contribution >= 0.6 is 0 Å². The average molecular weight is 515 g/mol. The lowest BCUT2D eigenvalue weighted by molar-refractivity contribution is -0.158. The van der Waals surface area contributed by atoms with E-state index in [4.69, 9.17) is 4.74 Å². The first-order chi connectivity index (χ1) is 17.2. The molecule has 0 aromatic heterocycles. The van der Waals surface area contributed by atoms with Gasteiger partial charge >= 0.3 is 5.97 Å². The van der Waals surface area contributed by atoms with Crippen LogP contribution in [0.1, 0.15) is 92.9 Å². The molecule has 0 heterocycles. The summed E-state index contributed by atoms with van der Waals surface area (Å²) in [5.41, 5.74) is 2.17. The van der Waals surface area contributed by atoms with Crippen LogP contribution in [0.25, 0.3) is 0 Å². The van der Waals surface area contributed by atoms with Gasteiger partial charge in [0, 0.05) is 6.42 Å². The number of allylic oxidation sites excluding steroid dienone is 4.